The molecule has 0 radical (unpaired) electrons. The van der Waals surface area contributed by atoms with Crippen LogP contribution in [-0.2, 0) is 0 Å². The molecule has 1 N–H and O–H groups in total. The van der Waals surface area contributed by atoms with E-state index >= 15 is 0 Å². The number of benzene rings is 4. The second-order valence-corrected chi connectivity index (χ2v) is 6.75. The van der Waals surface area contributed by atoms with Gasteiger partial charge in [-0.2, -0.15) is 0 Å². The number of rotatable bonds is 4. The van der Waals surface area contributed by atoms with Gasteiger partial charge in [0.25, 0.3) is 0 Å². The fraction of sp³-hybridized carbons (Fsp3) is 0.167. The molecule has 0 amide bonds. The lowest BCUT2D eigenvalue weighted by Crippen LogP contribution is -2.22. The Bertz CT molecular complexity index is 1000. The van der Waals surface area contributed by atoms with Crippen LogP contribution in [0.25, 0.3) is 21.5 Å². The van der Waals surface area contributed by atoms with Crippen LogP contribution < -0.4 is 5.32 Å². The van der Waals surface area contributed by atoms with Crippen LogP contribution in [0.1, 0.15) is 37.1 Å². The van der Waals surface area contributed by atoms with Crippen LogP contribution in [0, 0.1) is 0 Å². The monoisotopic (exact) mass is 325 g/mol. The number of hydrogen-bond acceptors (Lipinski definition) is 1. The van der Waals surface area contributed by atoms with Gasteiger partial charge in [0.2, 0.25) is 0 Å². The molecule has 4 rings (SSSR count). The number of hydrogen-bond donors (Lipinski definition) is 1. The maximum Gasteiger partial charge on any atom is 0.0303 e. The van der Waals surface area contributed by atoms with Crippen LogP contribution in [0.15, 0.2) is 84.9 Å². The predicted octanol–water partition coefficient (Wildman–Crippen LogP) is 6.40. The fourth-order valence-corrected chi connectivity index (χ4v) is 3.74. The van der Waals surface area contributed by atoms with Gasteiger partial charge in [-0.15, -0.1) is 0 Å². The Labute approximate surface area is 149 Å². The van der Waals surface area contributed by atoms with E-state index in [1.165, 1.54) is 32.7 Å². The molecule has 0 bridgehead atoms. The molecule has 1 heteroatoms. The van der Waals surface area contributed by atoms with Gasteiger partial charge in [0.1, 0.15) is 0 Å². The van der Waals surface area contributed by atoms with E-state index in [0.29, 0.717) is 6.04 Å². The molecule has 0 aliphatic heterocycles. The van der Waals surface area contributed by atoms with Crippen molar-refractivity contribution in [2.45, 2.75) is 25.9 Å². The third-order valence-electron chi connectivity index (χ3n) is 5.07. The third kappa shape index (κ3) is 3.04. The van der Waals surface area contributed by atoms with E-state index in [1.54, 1.807) is 0 Å². The van der Waals surface area contributed by atoms with Crippen molar-refractivity contribution in [2.24, 2.45) is 0 Å². The zero-order valence-corrected chi connectivity index (χ0v) is 14.7. The lowest BCUT2D eigenvalue weighted by Gasteiger charge is -2.23. The lowest BCUT2D eigenvalue weighted by molar-refractivity contribution is 0.497. The van der Waals surface area contributed by atoms with Crippen molar-refractivity contribution < 1.29 is 0 Å². The Balaban J connectivity index is 1.77. The second kappa shape index (κ2) is 6.70. The van der Waals surface area contributed by atoms with E-state index < -0.39 is 0 Å². The molecule has 0 saturated carbocycles. The highest BCUT2D eigenvalue weighted by Crippen LogP contribution is 2.32. The summed E-state index contributed by atoms with van der Waals surface area (Å²) < 4.78 is 0. The maximum absolute atomic E-state index is 3.77. The second-order valence-electron chi connectivity index (χ2n) is 6.75. The summed E-state index contributed by atoms with van der Waals surface area (Å²) in [5.74, 6) is 0. The van der Waals surface area contributed by atoms with Crippen molar-refractivity contribution in [3.05, 3.63) is 96.1 Å². The Morgan fingerprint density at radius 3 is 1.96 bits per heavy atom. The minimum absolute atomic E-state index is 0.268. The van der Waals surface area contributed by atoms with E-state index in [0.717, 1.165) is 0 Å². The van der Waals surface area contributed by atoms with E-state index in [1.807, 2.05) is 0 Å². The zero-order valence-electron chi connectivity index (χ0n) is 14.7. The van der Waals surface area contributed by atoms with Crippen molar-refractivity contribution in [2.75, 3.05) is 0 Å². The summed E-state index contributed by atoms with van der Waals surface area (Å²) in [4.78, 5) is 0. The standard InChI is InChI=1S/C24H23N/c1-17(19-10-4-3-5-11-19)25-18(2)24-16-20-12-6-7-13-21(20)22-14-8-9-15-23(22)24/h3-18,25H,1-2H3/t17-,18-/m1/s1. The summed E-state index contributed by atoms with van der Waals surface area (Å²) in [5.41, 5.74) is 2.68. The molecule has 0 aliphatic rings. The van der Waals surface area contributed by atoms with Gasteiger partial charge in [-0.3, -0.25) is 0 Å². The first-order valence-corrected chi connectivity index (χ1v) is 8.95. The first kappa shape index (κ1) is 15.9. The molecule has 0 aromatic heterocycles. The Morgan fingerprint density at radius 2 is 1.20 bits per heavy atom. The van der Waals surface area contributed by atoms with Crippen LogP contribution in [0.5, 0.6) is 0 Å². The molecule has 1 nitrogen and oxygen atoms in total. The molecule has 0 saturated heterocycles. The van der Waals surface area contributed by atoms with Gasteiger partial charge in [-0.05, 0) is 52.6 Å². The molecular formula is C24H23N. The van der Waals surface area contributed by atoms with Crippen molar-refractivity contribution in [1.82, 2.24) is 5.32 Å². The molecule has 0 heterocycles. The molecule has 0 unspecified atom stereocenters. The molecule has 0 fully saturated rings. The van der Waals surface area contributed by atoms with Crippen molar-refractivity contribution in [3.63, 3.8) is 0 Å². The van der Waals surface area contributed by atoms with Gasteiger partial charge in [-0.1, -0.05) is 78.9 Å². The van der Waals surface area contributed by atoms with Crippen LogP contribution in [0.4, 0.5) is 0 Å². The lowest BCUT2D eigenvalue weighted by atomic mass is 9.93. The highest BCUT2D eigenvalue weighted by atomic mass is 14.9. The van der Waals surface area contributed by atoms with Gasteiger partial charge in [0, 0.05) is 12.1 Å². The summed E-state index contributed by atoms with van der Waals surface area (Å²) in [6.07, 6.45) is 0. The van der Waals surface area contributed by atoms with Gasteiger partial charge in [-0.25, -0.2) is 0 Å². The highest BCUT2D eigenvalue weighted by molar-refractivity contribution is 6.09. The van der Waals surface area contributed by atoms with E-state index in [2.05, 4.69) is 104 Å². The molecule has 2 atom stereocenters. The quantitative estimate of drug-likeness (QED) is 0.428. The zero-order chi connectivity index (χ0) is 17.2. The maximum atomic E-state index is 3.77. The fourth-order valence-electron chi connectivity index (χ4n) is 3.74. The molecule has 4 aromatic rings. The SMILES string of the molecule is C[C@@H](N[C@H](C)c1cc2ccccc2c2ccccc12)c1ccccc1. The van der Waals surface area contributed by atoms with E-state index in [9.17, 15) is 0 Å². The minimum Gasteiger partial charge on any atom is -0.304 e. The van der Waals surface area contributed by atoms with Gasteiger partial charge >= 0.3 is 0 Å². The highest BCUT2D eigenvalue weighted by Gasteiger charge is 2.15. The van der Waals surface area contributed by atoms with Gasteiger partial charge in [0.15, 0.2) is 0 Å². The van der Waals surface area contributed by atoms with Crippen LogP contribution in [0.3, 0.4) is 0 Å². The van der Waals surface area contributed by atoms with Gasteiger partial charge < -0.3 is 5.32 Å². The average Bonchev–Trinajstić information content (AvgIpc) is 2.68. The first-order valence-electron chi connectivity index (χ1n) is 8.95. The third-order valence-corrected chi connectivity index (χ3v) is 5.07. The van der Waals surface area contributed by atoms with Crippen molar-refractivity contribution in [1.29, 1.82) is 0 Å². The summed E-state index contributed by atoms with van der Waals surface area (Å²) >= 11 is 0. The largest absolute Gasteiger partial charge is 0.304 e. The topological polar surface area (TPSA) is 12.0 Å². The summed E-state index contributed by atoms with van der Waals surface area (Å²) in [5, 5.41) is 9.06. The minimum atomic E-state index is 0.268. The average molecular weight is 325 g/mol. The smallest absolute Gasteiger partial charge is 0.0303 e. The van der Waals surface area contributed by atoms with Crippen LogP contribution in [0.2, 0.25) is 0 Å². The Morgan fingerprint density at radius 1 is 0.600 bits per heavy atom. The van der Waals surface area contributed by atoms with Crippen molar-refractivity contribution in [3.8, 4) is 0 Å². The summed E-state index contributed by atoms with van der Waals surface area (Å²) in [6.45, 7) is 4.49. The van der Waals surface area contributed by atoms with Gasteiger partial charge in [0.05, 0.1) is 0 Å². The molecule has 124 valence electrons. The van der Waals surface area contributed by atoms with Crippen LogP contribution in [-0.4, -0.2) is 0 Å². The predicted molar refractivity (Wildman–Crippen MR) is 108 cm³/mol. The first-order chi connectivity index (χ1) is 12.2. The number of fused-ring (bicyclic) bond motifs is 3. The molecule has 4 aromatic carbocycles. The molecule has 0 aliphatic carbocycles. The molecule has 25 heavy (non-hydrogen) atoms. The molecule has 0 spiro atoms. The Hall–Kier alpha value is -2.64. The normalized spacial score (nSPS) is 13.8. The van der Waals surface area contributed by atoms with E-state index in [-0.39, 0.29) is 6.04 Å². The summed E-state index contributed by atoms with van der Waals surface area (Å²) in [7, 11) is 0. The van der Waals surface area contributed by atoms with Crippen LogP contribution >= 0.6 is 0 Å². The van der Waals surface area contributed by atoms with Crippen molar-refractivity contribution >= 4 is 21.5 Å². The summed E-state index contributed by atoms with van der Waals surface area (Å²) in [6, 6.07) is 30.9. The molecular weight excluding hydrogens is 302 g/mol. The van der Waals surface area contributed by atoms with E-state index in [4.69, 9.17) is 0 Å². The Kier molecular flexibility index (Phi) is 4.25. The number of nitrogens with one attached hydrogen (secondary N) is 1.